The Balaban J connectivity index is 1.69. The van der Waals surface area contributed by atoms with Crippen LogP contribution in [0.2, 0.25) is 5.02 Å². The summed E-state index contributed by atoms with van der Waals surface area (Å²) in [5, 5.41) is 12.2. The van der Waals surface area contributed by atoms with Crippen LogP contribution < -0.4 is 10.1 Å². The molecule has 3 rings (SSSR count). The molecule has 1 heterocycles. The molecule has 134 valence electrons. The molecule has 2 N–H and O–H groups in total. The van der Waals surface area contributed by atoms with Crippen LogP contribution in [0.4, 0.5) is 10.1 Å². The number of hydrogen-bond acceptors (Lipinski definition) is 4. The Bertz CT molecular complexity index is 925. The van der Waals surface area contributed by atoms with Gasteiger partial charge in [-0.05, 0) is 42.5 Å². The summed E-state index contributed by atoms with van der Waals surface area (Å²) in [6.07, 6.45) is 0. The van der Waals surface area contributed by atoms with Crippen LogP contribution in [-0.2, 0) is 11.4 Å². The van der Waals surface area contributed by atoms with E-state index in [1.165, 1.54) is 18.2 Å². The minimum Gasteiger partial charge on any atom is -0.481 e. The quantitative estimate of drug-likeness (QED) is 0.675. The Morgan fingerprint density at radius 3 is 2.73 bits per heavy atom. The molecular formula is C19H15ClFNO4. The fraction of sp³-hybridized carbons (Fsp3) is 0.105. The maximum absolute atomic E-state index is 13.5. The van der Waals surface area contributed by atoms with Crippen molar-refractivity contribution in [1.82, 2.24) is 0 Å². The second-order valence-corrected chi connectivity index (χ2v) is 5.79. The fourth-order valence-corrected chi connectivity index (χ4v) is 2.51. The average Bonchev–Trinajstić information content (AvgIpc) is 3.11. The zero-order valence-electron chi connectivity index (χ0n) is 13.5. The van der Waals surface area contributed by atoms with Crippen molar-refractivity contribution in [2.45, 2.75) is 6.61 Å². The number of aliphatic hydroxyl groups excluding tert-OH is 1. The molecule has 0 spiro atoms. The number of halogens is 2. The monoisotopic (exact) mass is 375 g/mol. The second-order valence-electron chi connectivity index (χ2n) is 5.39. The standard InChI is InChI=1S/C19H15ClFNO4/c20-15-7-5-12(9-14(15)17-8-6-13(10-23)26-17)22-19(24)11-25-18-4-2-1-3-16(18)21/h1-9,23H,10-11H2,(H,22,24). The van der Waals surface area contributed by atoms with Gasteiger partial charge in [0.05, 0.1) is 5.02 Å². The molecule has 3 aromatic rings. The molecule has 0 unspecified atom stereocenters. The first-order chi connectivity index (χ1) is 12.6. The molecule has 0 aliphatic rings. The number of ether oxygens (including phenoxy) is 1. The van der Waals surface area contributed by atoms with Crippen LogP contribution in [0.25, 0.3) is 11.3 Å². The number of anilines is 1. The van der Waals surface area contributed by atoms with Crippen LogP contribution in [-0.4, -0.2) is 17.6 Å². The van der Waals surface area contributed by atoms with Gasteiger partial charge in [-0.2, -0.15) is 0 Å². The summed E-state index contributed by atoms with van der Waals surface area (Å²) in [6, 6.07) is 14.1. The van der Waals surface area contributed by atoms with Gasteiger partial charge in [0, 0.05) is 11.3 Å². The lowest BCUT2D eigenvalue weighted by atomic mass is 10.1. The highest BCUT2D eigenvalue weighted by Crippen LogP contribution is 2.32. The molecule has 0 saturated carbocycles. The molecule has 0 bridgehead atoms. The highest BCUT2D eigenvalue weighted by molar-refractivity contribution is 6.33. The van der Waals surface area contributed by atoms with Gasteiger partial charge in [0.25, 0.3) is 5.91 Å². The largest absolute Gasteiger partial charge is 0.481 e. The molecule has 0 atom stereocenters. The molecule has 0 radical (unpaired) electrons. The van der Waals surface area contributed by atoms with Crippen LogP contribution in [0.1, 0.15) is 5.76 Å². The number of benzene rings is 2. The maximum Gasteiger partial charge on any atom is 0.262 e. The van der Waals surface area contributed by atoms with Crippen molar-refractivity contribution in [3.63, 3.8) is 0 Å². The van der Waals surface area contributed by atoms with Crippen LogP contribution in [0.15, 0.2) is 59.0 Å². The maximum atomic E-state index is 13.5. The van der Waals surface area contributed by atoms with Gasteiger partial charge < -0.3 is 19.6 Å². The first-order valence-electron chi connectivity index (χ1n) is 7.73. The number of nitrogens with one attached hydrogen (secondary N) is 1. The topological polar surface area (TPSA) is 71.7 Å². The third-order valence-electron chi connectivity index (χ3n) is 3.53. The number of furan rings is 1. The zero-order valence-corrected chi connectivity index (χ0v) is 14.3. The Morgan fingerprint density at radius 2 is 2.00 bits per heavy atom. The van der Waals surface area contributed by atoms with Crippen molar-refractivity contribution < 1.29 is 23.4 Å². The third kappa shape index (κ3) is 4.22. The van der Waals surface area contributed by atoms with E-state index in [2.05, 4.69) is 5.32 Å². The zero-order chi connectivity index (χ0) is 18.5. The number of carbonyl (C=O) groups is 1. The van der Waals surface area contributed by atoms with Crippen LogP contribution in [0, 0.1) is 5.82 Å². The minimum absolute atomic E-state index is 0.00608. The van der Waals surface area contributed by atoms with Gasteiger partial charge >= 0.3 is 0 Å². The molecule has 2 aromatic carbocycles. The number of rotatable bonds is 6. The summed E-state index contributed by atoms with van der Waals surface area (Å²) in [4.78, 5) is 12.0. The van der Waals surface area contributed by atoms with E-state index in [1.807, 2.05) is 0 Å². The van der Waals surface area contributed by atoms with Crippen molar-refractivity contribution in [2.24, 2.45) is 0 Å². The van der Waals surface area contributed by atoms with Crippen molar-refractivity contribution in [3.8, 4) is 17.1 Å². The molecule has 5 nitrogen and oxygen atoms in total. The number of hydrogen-bond donors (Lipinski definition) is 2. The predicted molar refractivity (Wildman–Crippen MR) is 95.6 cm³/mol. The van der Waals surface area contributed by atoms with Gasteiger partial charge in [0.2, 0.25) is 0 Å². The lowest BCUT2D eigenvalue weighted by Gasteiger charge is -2.10. The number of aliphatic hydroxyl groups is 1. The highest BCUT2D eigenvalue weighted by Gasteiger charge is 2.12. The van der Waals surface area contributed by atoms with E-state index in [-0.39, 0.29) is 19.0 Å². The molecule has 1 aromatic heterocycles. The number of carbonyl (C=O) groups excluding carboxylic acids is 1. The molecule has 0 aliphatic heterocycles. The van der Waals surface area contributed by atoms with Gasteiger partial charge in [0.1, 0.15) is 18.1 Å². The molecule has 0 aliphatic carbocycles. The van der Waals surface area contributed by atoms with E-state index in [1.54, 1.807) is 36.4 Å². The summed E-state index contributed by atoms with van der Waals surface area (Å²) >= 11 is 6.18. The van der Waals surface area contributed by atoms with E-state index < -0.39 is 11.7 Å². The smallest absolute Gasteiger partial charge is 0.262 e. The Labute approximate surface area is 154 Å². The van der Waals surface area contributed by atoms with Crippen molar-refractivity contribution in [3.05, 3.63) is 71.2 Å². The summed E-state index contributed by atoms with van der Waals surface area (Å²) in [5.74, 6) is -0.100. The summed E-state index contributed by atoms with van der Waals surface area (Å²) < 4.78 is 24.1. The lowest BCUT2D eigenvalue weighted by Crippen LogP contribution is -2.20. The van der Waals surface area contributed by atoms with Gasteiger partial charge in [0.15, 0.2) is 18.2 Å². The normalized spacial score (nSPS) is 10.6. The van der Waals surface area contributed by atoms with E-state index in [0.29, 0.717) is 27.8 Å². The van der Waals surface area contributed by atoms with Gasteiger partial charge in [-0.15, -0.1) is 0 Å². The molecule has 7 heteroatoms. The second kappa shape index (κ2) is 8.03. The summed E-state index contributed by atoms with van der Waals surface area (Å²) in [6.45, 7) is -0.560. The summed E-state index contributed by atoms with van der Waals surface area (Å²) in [5.41, 5.74) is 1.05. The van der Waals surface area contributed by atoms with E-state index in [9.17, 15) is 9.18 Å². The van der Waals surface area contributed by atoms with E-state index in [4.69, 9.17) is 25.9 Å². The molecule has 1 amide bonds. The Kier molecular flexibility index (Phi) is 5.55. The lowest BCUT2D eigenvalue weighted by molar-refractivity contribution is -0.118. The predicted octanol–water partition coefficient (Wildman–Crippen LogP) is 4.25. The molecule has 0 saturated heterocycles. The fourth-order valence-electron chi connectivity index (χ4n) is 2.30. The van der Waals surface area contributed by atoms with Crippen molar-refractivity contribution in [1.29, 1.82) is 0 Å². The Hall–Kier alpha value is -2.83. The SMILES string of the molecule is O=C(COc1ccccc1F)Nc1ccc(Cl)c(-c2ccc(CO)o2)c1. The van der Waals surface area contributed by atoms with E-state index in [0.717, 1.165) is 0 Å². The summed E-state index contributed by atoms with van der Waals surface area (Å²) in [7, 11) is 0. The van der Waals surface area contributed by atoms with Crippen LogP contribution >= 0.6 is 11.6 Å². The van der Waals surface area contributed by atoms with Crippen molar-refractivity contribution >= 4 is 23.2 Å². The molecule has 26 heavy (non-hydrogen) atoms. The van der Waals surface area contributed by atoms with E-state index >= 15 is 0 Å². The minimum atomic E-state index is -0.536. The van der Waals surface area contributed by atoms with Gasteiger partial charge in [-0.3, -0.25) is 4.79 Å². The first kappa shape index (κ1) is 18.0. The van der Waals surface area contributed by atoms with Crippen LogP contribution in [0.5, 0.6) is 5.75 Å². The number of amides is 1. The molecule has 0 fully saturated rings. The molecular weight excluding hydrogens is 361 g/mol. The first-order valence-corrected chi connectivity index (χ1v) is 8.11. The Morgan fingerprint density at radius 1 is 1.19 bits per heavy atom. The average molecular weight is 376 g/mol. The third-order valence-corrected chi connectivity index (χ3v) is 3.86. The van der Waals surface area contributed by atoms with Crippen molar-refractivity contribution in [2.75, 3.05) is 11.9 Å². The number of para-hydroxylation sites is 1. The van der Waals surface area contributed by atoms with Gasteiger partial charge in [-0.1, -0.05) is 23.7 Å². The van der Waals surface area contributed by atoms with Crippen LogP contribution in [0.3, 0.4) is 0 Å². The van der Waals surface area contributed by atoms with Gasteiger partial charge in [-0.25, -0.2) is 4.39 Å². The highest BCUT2D eigenvalue weighted by atomic mass is 35.5.